The highest BCUT2D eigenvalue weighted by atomic mass is 16.6. The number of methoxy groups -OCH3 is 1. The smallest absolute Gasteiger partial charge is 0.331 e. The normalized spacial score (nSPS) is 36.4. The molecule has 1 aliphatic carbocycles. The summed E-state index contributed by atoms with van der Waals surface area (Å²) in [7, 11) is 1.68. The van der Waals surface area contributed by atoms with Crippen molar-refractivity contribution < 1.29 is 23.7 Å². The van der Waals surface area contributed by atoms with Gasteiger partial charge >= 0.3 is 5.97 Å². The largest absolute Gasteiger partial charge is 0.456 e. The predicted octanol–water partition coefficient (Wildman–Crippen LogP) is 3.90. The molecule has 4 rings (SSSR count). The predicted molar refractivity (Wildman–Crippen MR) is 119 cm³/mol. The van der Waals surface area contributed by atoms with Crippen LogP contribution in [0.5, 0.6) is 0 Å². The third kappa shape index (κ3) is 4.43. The van der Waals surface area contributed by atoms with Crippen LogP contribution in [0.15, 0.2) is 42.0 Å². The summed E-state index contributed by atoms with van der Waals surface area (Å²) in [6.45, 7) is 7.03. The molecule has 1 aromatic carbocycles. The van der Waals surface area contributed by atoms with E-state index in [-0.39, 0.29) is 35.4 Å². The Balaban J connectivity index is 1.46. The molecule has 0 unspecified atom stereocenters. The number of allylic oxidation sites excluding steroid dienone is 1. The number of carbonyl (C=O) groups excluding carboxylic acids is 1. The molecule has 168 valence electrons. The van der Waals surface area contributed by atoms with Gasteiger partial charge in [-0.3, -0.25) is 0 Å². The van der Waals surface area contributed by atoms with Crippen molar-refractivity contribution in [1.82, 2.24) is 0 Å². The van der Waals surface area contributed by atoms with Gasteiger partial charge in [-0.05, 0) is 57.7 Å². The van der Waals surface area contributed by atoms with Crippen LogP contribution >= 0.6 is 0 Å². The number of nitrogens with two attached hydrogens (primary N) is 1. The molecule has 6 nitrogen and oxygen atoms in total. The zero-order chi connectivity index (χ0) is 22.2. The van der Waals surface area contributed by atoms with Crippen molar-refractivity contribution in [2.24, 2.45) is 5.92 Å². The summed E-state index contributed by atoms with van der Waals surface area (Å²) in [5.41, 5.74) is 8.05. The number of carbonyl (C=O) groups is 1. The molecule has 1 saturated carbocycles. The fourth-order valence-electron chi connectivity index (χ4n) is 5.08. The first-order valence-electron chi connectivity index (χ1n) is 11.0. The number of para-hydroxylation sites is 1. The Labute approximate surface area is 184 Å². The molecule has 2 heterocycles. The second kappa shape index (κ2) is 8.41. The summed E-state index contributed by atoms with van der Waals surface area (Å²) >= 11 is 0. The van der Waals surface area contributed by atoms with Gasteiger partial charge < -0.3 is 24.7 Å². The lowest BCUT2D eigenvalue weighted by Gasteiger charge is -2.42. The van der Waals surface area contributed by atoms with Crippen LogP contribution in [0.3, 0.4) is 0 Å². The Morgan fingerprint density at radius 3 is 2.71 bits per heavy atom. The average Bonchev–Trinajstić information content (AvgIpc) is 3.64. The van der Waals surface area contributed by atoms with Crippen LogP contribution in [0.25, 0.3) is 6.08 Å². The van der Waals surface area contributed by atoms with Crippen LogP contribution < -0.4 is 5.73 Å². The average molecular weight is 428 g/mol. The number of hydrogen-bond acceptors (Lipinski definition) is 6. The van der Waals surface area contributed by atoms with Crippen LogP contribution in [-0.4, -0.2) is 49.2 Å². The number of nitrogen functional groups attached to an aromatic ring is 1. The SMILES string of the molecule is CO[C@@H]1[C@H](OC(=O)/C=C/c2ccccc2N)CC[C@]2(CO2)[C@H]1[C@@]1(C)O[C@@H]1CC=C(C)C. The molecule has 1 spiro atoms. The number of esters is 1. The molecule has 3 fully saturated rings. The number of anilines is 1. The van der Waals surface area contributed by atoms with Crippen molar-refractivity contribution in [3.05, 3.63) is 47.6 Å². The Morgan fingerprint density at radius 2 is 2.06 bits per heavy atom. The summed E-state index contributed by atoms with van der Waals surface area (Å²) in [5, 5.41) is 0. The minimum atomic E-state index is -0.398. The Hall–Kier alpha value is -2.15. The molecule has 2 aliphatic heterocycles. The molecule has 6 atom stereocenters. The van der Waals surface area contributed by atoms with Gasteiger partial charge in [-0.25, -0.2) is 4.79 Å². The number of rotatable bonds is 7. The lowest BCUT2D eigenvalue weighted by Crippen LogP contribution is -2.55. The molecule has 1 aromatic rings. The monoisotopic (exact) mass is 427 g/mol. The van der Waals surface area contributed by atoms with Crippen LogP contribution in [0.2, 0.25) is 0 Å². The second-order valence-corrected chi connectivity index (χ2v) is 9.32. The van der Waals surface area contributed by atoms with Crippen LogP contribution in [-0.2, 0) is 23.7 Å². The molecule has 0 radical (unpaired) electrons. The van der Waals surface area contributed by atoms with Gasteiger partial charge in [0.1, 0.15) is 23.4 Å². The summed E-state index contributed by atoms with van der Waals surface area (Å²) in [6.07, 6.45) is 7.23. The molecule has 31 heavy (non-hydrogen) atoms. The Bertz CT molecular complexity index is 886. The molecule has 0 bridgehead atoms. The molecule has 0 aromatic heterocycles. The van der Waals surface area contributed by atoms with Crippen molar-refractivity contribution in [3.8, 4) is 0 Å². The zero-order valence-electron chi connectivity index (χ0n) is 18.8. The third-order valence-corrected chi connectivity index (χ3v) is 6.90. The quantitative estimate of drug-likeness (QED) is 0.233. The lowest BCUT2D eigenvalue weighted by atomic mass is 9.68. The first-order chi connectivity index (χ1) is 14.8. The van der Waals surface area contributed by atoms with Gasteiger partial charge in [0.2, 0.25) is 0 Å². The van der Waals surface area contributed by atoms with E-state index in [1.54, 1.807) is 19.3 Å². The minimum Gasteiger partial charge on any atom is -0.456 e. The number of hydrogen-bond donors (Lipinski definition) is 1. The molecular weight excluding hydrogens is 394 g/mol. The van der Waals surface area contributed by atoms with Gasteiger partial charge in [-0.15, -0.1) is 0 Å². The van der Waals surface area contributed by atoms with E-state index < -0.39 is 5.97 Å². The highest BCUT2D eigenvalue weighted by molar-refractivity contribution is 5.88. The number of benzene rings is 1. The van der Waals surface area contributed by atoms with E-state index in [1.165, 1.54) is 11.6 Å². The van der Waals surface area contributed by atoms with Crippen LogP contribution in [0.4, 0.5) is 5.69 Å². The van der Waals surface area contributed by atoms with E-state index in [0.717, 1.165) is 18.4 Å². The highest BCUT2D eigenvalue weighted by Gasteiger charge is 2.72. The maximum atomic E-state index is 12.6. The lowest BCUT2D eigenvalue weighted by molar-refractivity contribution is -0.166. The topological polar surface area (TPSA) is 86.6 Å². The molecule has 2 N–H and O–H groups in total. The van der Waals surface area contributed by atoms with Crippen molar-refractivity contribution >= 4 is 17.7 Å². The first-order valence-corrected chi connectivity index (χ1v) is 11.0. The van der Waals surface area contributed by atoms with Crippen molar-refractivity contribution in [2.45, 2.75) is 69.5 Å². The second-order valence-electron chi connectivity index (χ2n) is 9.32. The van der Waals surface area contributed by atoms with E-state index in [9.17, 15) is 4.79 Å². The highest BCUT2D eigenvalue weighted by Crippen LogP contribution is 2.59. The molecule has 3 aliphatic rings. The van der Waals surface area contributed by atoms with E-state index in [2.05, 4.69) is 26.8 Å². The zero-order valence-corrected chi connectivity index (χ0v) is 18.8. The van der Waals surface area contributed by atoms with Crippen molar-refractivity contribution in [2.75, 3.05) is 19.5 Å². The van der Waals surface area contributed by atoms with Crippen molar-refractivity contribution in [1.29, 1.82) is 0 Å². The molecular formula is C25H33NO5. The van der Waals surface area contributed by atoms with E-state index in [0.29, 0.717) is 18.7 Å². The Morgan fingerprint density at radius 1 is 1.32 bits per heavy atom. The van der Waals surface area contributed by atoms with Gasteiger partial charge in [0.15, 0.2) is 0 Å². The fraction of sp³-hybridized carbons (Fsp3) is 0.560. The standard InChI is InChI=1S/C25H33NO5/c1-16(2)9-11-20-24(3,31-20)23-22(28-4)19(13-14-25(23)15-29-25)30-21(27)12-10-17-7-5-6-8-18(17)26/h5-10,12,19-20,22-23H,11,13-15,26H2,1-4H3/b12-10+/t19-,20-,22-,23-,24+,25+/m1/s1. The molecule has 6 heteroatoms. The van der Waals surface area contributed by atoms with Gasteiger partial charge in [0.05, 0.1) is 18.6 Å². The van der Waals surface area contributed by atoms with Gasteiger partial charge in [0.25, 0.3) is 0 Å². The Kier molecular flexibility index (Phi) is 5.99. The summed E-state index contributed by atoms with van der Waals surface area (Å²) in [4.78, 5) is 12.6. The van der Waals surface area contributed by atoms with Gasteiger partial charge in [-0.1, -0.05) is 29.8 Å². The van der Waals surface area contributed by atoms with Crippen LogP contribution in [0, 0.1) is 5.92 Å². The summed E-state index contributed by atoms with van der Waals surface area (Å²) < 4.78 is 23.9. The summed E-state index contributed by atoms with van der Waals surface area (Å²) in [6, 6.07) is 7.40. The number of epoxide rings is 2. The first kappa shape index (κ1) is 22.1. The maximum Gasteiger partial charge on any atom is 0.331 e. The maximum absolute atomic E-state index is 12.6. The molecule has 2 saturated heterocycles. The van der Waals surface area contributed by atoms with Crippen molar-refractivity contribution in [3.63, 3.8) is 0 Å². The van der Waals surface area contributed by atoms with Gasteiger partial charge in [-0.2, -0.15) is 0 Å². The van der Waals surface area contributed by atoms with E-state index >= 15 is 0 Å². The summed E-state index contributed by atoms with van der Waals surface area (Å²) in [5.74, 6) is -0.384. The van der Waals surface area contributed by atoms with E-state index in [4.69, 9.17) is 24.7 Å². The number of ether oxygens (including phenoxy) is 4. The van der Waals surface area contributed by atoms with Gasteiger partial charge in [0, 0.05) is 18.9 Å². The van der Waals surface area contributed by atoms with Crippen LogP contribution in [0.1, 0.15) is 45.6 Å². The van der Waals surface area contributed by atoms with E-state index in [1.807, 2.05) is 18.2 Å². The minimum absolute atomic E-state index is 0.0147. The third-order valence-electron chi connectivity index (χ3n) is 6.90. The fourth-order valence-corrected chi connectivity index (χ4v) is 5.08. The molecule has 0 amide bonds.